The van der Waals surface area contributed by atoms with Crippen LogP contribution in [0.5, 0.6) is 0 Å². The Balaban J connectivity index is 2.15. The first kappa shape index (κ1) is 12.0. The van der Waals surface area contributed by atoms with Gasteiger partial charge >= 0.3 is 0 Å². The second-order valence-electron chi connectivity index (χ2n) is 4.41. The normalized spacial score (nSPS) is 11.3. The van der Waals surface area contributed by atoms with Crippen molar-refractivity contribution in [2.45, 2.75) is 33.6 Å². The third kappa shape index (κ3) is 2.82. The molecule has 0 aromatic carbocycles. The monoisotopic (exact) mass is 252 g/mol. The molecule has 0 aliphatic heterocycles. The Bertz CT molecular complexity index is 503. The van der Waals surface area contributed by atoms with Gasteiger partial charge in [0.05, 0.1) is 5.69 Å². The standard InChI is InChI=1S/C11H16N4OS/c1-6(2)4-5-8-14-10(16-15-8)9-7(3)13-11(12)17-9/h6H,4-5H2,1-3H3,(H2,12,13). The molecule has 0 radical (unpaired) electrons. The van der Waals surface area contributed by atoms with Gasteiger partial charge in [0.25, 0.3) is 5.89 Å². The Morgan fingerprint density at radius 2 is 2.12 bits per heavy atom. The predicted molar refractivity (Wildman–Crippen MR) is 67.7 cm³/mol. The summed E-state index contributed by atoms with van der Waals surface area (Å²) in [6.07, 6.45) is 1.90. The molecule has 0 unspecified atom stereocenters. The average Bonchev–Trinajstić information content (AvgIpc) is 2.82. The summed E-state index contributed by atoms with van der Waals surface area (Å²) in [7, 11) is 0. The van der Waals surface area contributed by atoms with Crippen molar-refractivity contribution < 1.29 is 4.52 Å². The van der Waals surface area contributed by atoms with Crippen LogP contribution in [-0.2, 0) is 6.42 Å². The first-order valence-electron chi connectivity index (χ1n) is 5.62. The van der Waals surface area contributed by atoms with E-state index in [-0.39, 0.29) is 0 Å². The third-order valence-corrected chi connectivity index (χ3v) is 3.40. The molecule has 0 spiro atoms. The van der Waals surface area contributed by atoms with Crippen LogP contribution in [-0.4, -0.2) is 15.1 Å². The molecule has 0 fully saturated rings. The van der Waals surface area contributed by atoms with E-state index in [1.54, 1.807) is 0 Å². The molecule has 92 valence electrons. The van der Waals surface area contributed by atoms with Gasteiger partial charge in [-0.05, 0) is 19.3 Å². The Morgan fingerprint density at radius 1 is 1.35 bits per heavy atom. The zero-order valence-electron chi connectivity index (χ0n) is 10.2. The Labute approximate surface area is 104 Å². The number of hydrogen-bond acceptors (Lipinski definition) is 6. The average molecular weight is 252 g/mol. The summed E-state index contributed by atoms with van der Waals surface area (Å²) in [6.45, 7) is 6.24. The first-order chi connectivity index (χ1) is 8.06. The summed E-state index contributed by atoms with van der Waals surface area (Å²) in [5, 5.41) is 4.49. The maximum Gasteiger partial charge on any atom is 0.269 e. The fraction of sp³-hybridized carbons (Fsp3) is 0.545. The molecule has 2 aromatic rings. The summed E-state index contributed by atoms with van der Waals surface area (Å²) >= 11 is 1.38. The van der Waals surface area contributed by atoms with Gasteiger partial charge in [-0.15, -0.1) is 0 Å². The minimum absolute atomic E-state index is 0.524. The van der Waals surface area contributed by atoms with Gasteiger partial charge in [0.15, 0.2) is 11.0 Å². The summed E-state index contributed by atoms with van der Waals surface area (Å²) in [6, 6.07) is 0. The van der Waals surface area contributed by atoms with Crippen molar-refractivity contribution in [3.05, 3.63) is 11.5 Å². The number of nitrogen functional groups attached to an aromatic ring is 1. The Hall–Kier alpha value is -1.43. The minimum atomic E-state index is 0.524. The number of aromatic nitrogens is 3. The second-order valence-corrected chi connectivity index (χ2v) is 5.45. The molecular formula is C11H16N4OS. The lowest BCUT2D eigenvalue weighted by Crippen LogP contribution is -1.93. The van der Waals surface area contributed by atoms with Crippen LogP contribution in [0.4, 0.5) is 5.13 Å². The van der Waals surface area contributed by atoms with Crippen molar-refractivity contribution >= 4 is 16.5 Å². The van der Waals surface area contributed by atoms with Gasteiger partial charge in [0, 0.05) is 6.42 Å². The maximum atomic E-state index is 5.64. The van der Waals surface area contributed by atoms with Gasteiger partial charge in [-0.3, -0.25) is 0 Å². The van der Waals surface area contributed by atoms with Crippen LogP contribution in [0.1, 0.15) is 31.8 Å². The summed E-state index contributed by atoms with van der Waals surface area (Å²) in [5.74, 6) is 1.91. The van der Waals surface area contributed by atoms with Crippen molar-refractivity contribution in [1.29, 1.82) is 0 Å². The summed E-state index contributed by atoms with van der Waals surface area (Å²) in [4.78, 5) is 9.37. The van der Waals surface area contributed by atoms with Gasteiger partial charge < -0.3 is 10.3 Å². The minimum Gasteiger partial charge on any atom is -0.375 e. The van der Waals surface area contributed by atoms with E-state index in [4.69, 9.17) is 10.3 Å². The highest BCUT2D eigenvalue weighted by Crippen LogP contribution is 2.29. The molecule has 2 heterocycles. The zero-order valence-corrected chi connectivity index (χ0v) is 11.0. The van der Waals surface area contributed by atoms with Gasteiger partial charge in [-0.2, -0.15) is 4.98 Å². The van der Waals surface area contributed by atoms with Crippen LogP contribution in [0, 0.1) is 12.8 Å². The highest BCUT2D eigenvalue weighted by atomic mass is 32.1. The summed E-state index contributed by atoms with van der Waals surface area (Å²) in [5.41, 5.74) is 6.48. The third-order valence-electron chi connectivity index (χ3n) is 2.42. The van der Waals surface area contributed by atoms with E-state index in [0.717, 1.165) is 29.2 Å². The summed E-state index contributed by atoms with van der Waals surface area (Å²) < 4.78 is 5.23. The molecule has 6 heteroatoms. The van der Waals surface area contributed by atoms with Crippen LogP contribution in [0.15, 0.2) is 4.52 Å². The van der Waals surface area contributed by atoms with Crippen LogP contribution < -0.4 is 5.73 Å². The fourth-order valence-corrected chi connectivity index (χ4v) is 2.24. The maximum absolute atomic E-state index is 5.64. The quantitative estimate of drug-likeness (QED) is 0.905. The number of nitrogens with zero attached hydrogens (tertiary/aromatic N) is 3. The molecule has 2 aromatic heterocycles. The van der Waals surface area contributed by atoms with Gasteiger partial charge in [-0.25, -0.2) is 4.98 Å². The lowest BCUT2D eigenvalue weighted by atomic mass is 10.1. The van der Waals surface area contributed by atoms with Crippen molar-refractivity contribution in [2.75, 3.05) is 5.73 Å². The molecule has 0 atom stereocenters. The number of thiazole rings is 1. The fourth-order valence-electron chi connectivity index (χ4n) is 1.48. The van der Waals surface area contributed by atoms with E-state index < -0.39 is 0 Å². The number of nitrogens with two attached hydrogens (primary N) is 1. The number of hydrogen-bond donors (Lipinski definition) is 1. The van der Waals surface area contributed by atoms with Gasteiger partial charge in [0.2, 0.25) is 0 Å². The Kier molecular flexibility index (Phi) is 3.42. The molecule has 0 bridgehead atoms. The van der Waals surface area contributed by atoms with E-state index in [2.05, 4.69) is 29.0 Å². The highest BCUT2D eigenvalue weighted by Gasteiger charge is 2.15. The molecule has 0 saturated carbocycles. The SMILES string of the molecule is Cc1nc(N)sc1-c1nc(CCC(C)C)no1. The van der Waals surface area contributed by atoms with Crippen molar-refractivity contribution in [3.63, 3.8) is 0 Å². The topological polar surface area (TPSA) is 77.8 Å². The smallest absolute Gasteiger partial charge is 0.269 e. The van der Waals surface area contributed by atoms with Gasteiger partial charge in [0.1, 0.15) is 4.88 Å². The van der Waals surface area contributed by atoms with E-state index in [1.165, 1.54) is 11.3 Å². The van der Waals surface area contributed by atoms with Crippen LogP contribution >= 0.6 is 11.3 Å². The number of aryl methyl sites for hydroxylation is 2. The van der Waals surface area contributed by atoms with E-state index >= 15 is 0 Å². The zero-order chi connectivity index (χ0) is 12.4. The lowest BCUT2D eigenvalue weighted by molar-refractivity contribution is 0.419. The molecule has 17 heavy (non-hydrogen) atoms. The molecular weight excluding hydrogens is 236 g/mol. The van der Waals surface area contributed by atoms with Crippen molar-refractivity contribution in [3.8, 4) is 10.8 Å². The van der Waals surface area contributed by atoms with E-state index in [9.17, 15) is 0 Å². The molecule has 0 amide bonds. The number of anilines is 1. The highest BCUT2D eigenvalue weighted by molar-refractivity contribution is 7.18. The van der Waals surface area contributed by atoms with Crippen molar-refractivity contribution in [1.82, 2.24) is 15.1 Å². The predicted octanol–water partition coefficient (Wildman–Crippen LogP) is 2.67. The lowest BCUT2D eigenvalue weighted by Gasteiger charge is -1.98. The second kappa shape index (κ2) is 4.83. The number of rotatable bonds is 4. The van der Waals surface area contributed by atoms with Crippen molar-refractivity contribution in [2.24, 2.45) is 5.92 Å². The van der Waals surface area contributed by atoms with Crippen LogP contribution in [0.3, 0.4) is 0 Å². The molecule has 2 rings (SSSR count). The first-order valence-corrected chi connectivity index (χ1v) is 6.43. The molecule has 0 saturated heterocycles. The Morgan fingerprint density at radius 3 is 2.71 bits per heavy atom. The van der Waals surface area contributed by atoms with Crippen LogP contribution in [0.25, 0.3) is 10.8 Å². The largest absolute Gasteiger partial charge is 0.375 e. The molecule has 0 aliphatic carbocycles. The molecule has 5 nitrogen and oxygen atoms in total. The van der Waals surface area contributed by atoms with E-state index in [1.807, 2.05) is 6.92 Å². The molecule has 2 N–H and O–H groups in total. The van der Waals surface area contributed by atoms with Crippen LogP contribution in [0.2, 0.25) is 0 Å². The van der Waals surface area contributed by atoms with Gasteiger partial charge in [-0.1, -0.05) is 30.3 Å². The van der Waals surface area contributed by atoms with E-state index in [0.29, 0.717) is 16.9 Å². The molecule has 0 aliphatic rings.